The molecule has 2 aromatic rings. The molecular formula is C8H8N6O4S2. The molecule has 0 aliphatic heterocycles. The summed E-state index contributed by atoms with van der Waals surface area (Å²) in [6, 6.07) is 3.41. The summed E-state index contributed by atoms with van der Waals surface area (Å²) >= 11 is 0.952. The molecule has 1 heterocycles. The van der Waals surface area contributed by atoms with Gasteiger partial charge in [-0.15, -0.1) is 10.2 Å². The lowest BCUT2D eigenvalue weighted by molar-refractivity contribution is -0.387. The highest BCUT2D eigenvalue weighted by Gasteiger charge is 2.27. The van der Waals surface area contributed by atoms with Crippen LogP contribution in [-0.4, -0.2) is 23.5 Å². The normalized spacial score (nSPS) is 11.1. The molecule has 106 valence electrons. The van der Waals surface area contributed by atoms with E-state index < -0.39 is 25.5 Å². The Hall–Kier alpha value is -2.31. The van der Waals surface area contributed by atoms with E-state index in [9.17, 15) is 18.5 Å². The van der Waals surface area contributed by atoms with Gasteiger partial charge in [0, 0.05) is 6.07 Å². The van der Waals surface area contributed by atoms with Crippen LogP contribution in [-0.2, 0) is 10.0 Å². The zero-order chi connectivity index (χ0) is 14.8. The minimum atomic E-state index is -4.14. The molecule has 0 saturated carbocycles. The highest BCUT2D eigenvalue weighted by Crippen LogP contribution is 2.28. The van der Waals surface area contributed by atoms with E-state index >= 15 is 0 Å². The summed E-state index contributed by atoms with van der Waals surface area (Å²) in [5.74, 6) is 5.13. The number of nitrogens with two attached hydrogens (primary N) is 1. The Morgan fingerprint density at radius 3 is 2.70 bits per heavy atom. The number of sulfonamides is 1. The van der Waals surface area contributed by atoms with Crippen LogP contribution in [0.25, 0.3) is 0 Å². The fraction of sp³-hybridized carbons (Fsp3) is 0. The molecule has 4 N–H and O–H groups in total. The Labute approximate surface area is 116 Å². The van der Waals surface area contributed by atoms with Crippen molar-refractivity contribution in [3.05, 3.63) is 33.8 Å². The van der Waals surface area contributed by atoms with Gasteiger partial charge in [-0.2, -0.15) is 0 Å². The molecular weight excluding hydrogens is 308 g/mol. The van der Waals surface area contributed by atoms with Crippen LogP contribution in [0, 0.1) is 10.1 Å². The number of rotatable bonds is 5. The van der Waals surface area contributed by atoms with Crippen molar-refractivity contribution in [2.45, 2.75) is 4.90 Å². The van der Waals surface area contributed by atoms with Gasteiger partial charge < -0.3 is 5.43 Å². The molecule has 0 spiro atoms. The maximum atomic E-state index is 12.1. The van der Waals surface area contributed by atoms with Crippen molar-refractivity contribution in [3.8, 4) is 0 Å². The minimum Gasteiger partial charge on any atom is -0.324 e. The van der Waals surface area contributed by atoms with Crippen LogP contribution in [0.1, 0.15) is 0 Å². The number of hydrazine groups is 1. The van der Waals surface area contributed by atoms with E-state index in [0.29, 0.717) is 0 Å². The van der Waals surface area contributed by atoms with Gasteiger partial charge in [0.25, 0.3) is 15.7 Å². The summed E-state index contributed by atoms with van der Waals surface area (Å²) in [7, 11) is -4.14. The largest absolute Gasteiger partial charge is 0.324 e. The van der Waals surface area contributed by atoms with E-state index in [1.807, 2.05) is 0 Å². The first-order valence-electron chi connectivity index (χ1n) is 4.98. The topological polar surface area (TPSA) is 153 Å². The lowest BCUT2D eigenvalue weighted by Gasteiger charge is -2.07. The summed E-state index contributed by atoms with van der Waals surface area (Å²) in [6.45, 7) is 0. The third kappa shape index (κ3) is 2.81. The van der Waals surface area contributed by atoms with Gasteiger partial charge in [0.05, 0.1) is 10.6 Å². The summed E-state index contributed by atoms with van der Waals surface area (Å²) < 4.78 is 26.3. The molecule has 0 aliphatic rings. The summed E-state index contributed by atoms with van der Waals surface area (Å²) in [6.07, 6.45) is 0. The van der Waals surface area contributed by atoms with Crippen molar-refractivity contribution >= 4 is 37.9 Å². The first-order valence-corrected chi connectivity index (χ1v) is 7.34. The van der Waals surface area contributed by atoms with Crippen LogP contribution in [0.2, 0.25) is 0 Å². The summed E-state index contributed by atoms with van der Waals surface area (Å²) in [5, 5.41) is 17.9. The standard InChI is InChI=1S/C8H8N6O4S2/c9-11-5-1-2-7(6(3-5)14(15)16)20(17,18)13-8-12-10-4-19-8/h1-4,11H,9H2,(H,12,13). The number of nitrogens with zero attached hydrogens (tertiary/aromatic N) is 3. The van der Waals surface area contributed by atoms with E-state index in [0.717, 1.165) is 23.5 Å². The van der Waals surface area contributed by atoms with E-state index in [4.69, 9.17) is 5.84 Å². The van der Waals surface area contributed by atoms with Crippen LogP contribution in [0.3, 0.4) is 0 Å². The third-order valence-electron chi connectivity index (χ3n) is 2.19. The number of nitrogen functional groups attached to an aromatic ring is 1. The molecule has 20 heavy (non-hydrogen) atoms. The van der Waals surface area contributed by atoms with Crippen LogP contribution < -0.4 is 16.0 Å². The zero-order valence-corrected chi connectivity index (χ0v) is 11.3. The SMILES string of the molecule is NNc1ccc(S(=O)(=O)Nc2nncs2)c([N+](=O)[O-])c1. The van der Waals surface area contributed by atoms with Crippen molar-refractivity contribution in [1.82, 2.24) is 10.2 Å². The average Bonchev–Trinajstić information content (AvgIpc) is 2.90. The van der Waals surface area contributed by atoms with E-state index in [1.165, 1.54) is 11.6 Å². The lowest BCUT2D eigenvalue weighted by atomic mass is 10.3. The number of benzene rings is 1. The fourth-order valence-electron chi connectivity index (χ4n) is 1.36. The van der Waals surface area contributed by atoms with Crippen molar-refractivity contribution in [1.29, 1.82) is 0 Å². The van der Waals surface area contributed by atoms with E-state index in [-0.39, 0.29) is 10.8 Å². The number of nitro groups is 1. The number of hydrogen-bond acceptors (Lipinski definition) is 9. The smallest absolute Gasteiger partial charge is 0.291 e. The monoisotopic (exact) mass is 316 g/mol. The Morgan fingerprint density at radius 2 is 2.15 bits per heavy atom. The second kappa shape index (κ2) is 5.36. The van der Waals surface area contributed by atoms with Crippen molar-refractivity contribution in [2.75, 3.05) is 10.1 Å². The molecule has 0 fully saturated rings. The summed E-state index contributed by atoms with van der Waals surface area (Å²) in [5.41, 5.74) is 3.15. The first-order chi connectivity index (χ1) is 9.44. The predicted octanol–water partition coefficient (Wildman–Crippen LogP) is 0.533. The van der Waals surface area contributed by atoms with Crippen LogP contribution >= 0.6 is 11.3 Å². The van der Waals surface area contributed by atoms with E-state index in [2.05, 4.69) is 20.3 Å². The second-order valence-electron chi connectivity index (χ2n) is 3.43. The molecule has 2 rings (SSSR count). The van der Waals surface area contributed by atoms with Gasteiger partial charge in [0.2, 0.25) is 5.13 Å². The van der Waals surface area contributed by atoms with Gasteiger partial charge in [-0.3, -0.25) is 20.7 Å². The van der Waals surface area contributed by atoms with Crippen LogP contribution in [0.4, 0.5) is 16.5 Å². The maximum Gasteiger partial charge on any atom is 0.291 e. The molecule has 0 bridgehead atoms. The molecule has 0 saturated heterocycles. The Morgan fingerprint density at radius 1 is 1.40 bits per heavy atom. The first kappa shape index (κ1) is 14.1. The molecule has 1 aromatic heterocycles. The Kier molecular flexibility index (Phi) is 3.78. The Balaban J connectivity index is 2.48. The van der Waals surface area contributed by atoms with Gasteiger partial charge >= 0.3 is 0 Å². The summed E-state index contributed by atoms with van der Waals surface area (Å²) in [4.78, 5) is 9.66. The number of nitro benzene ring substituents is 1. The fourth-order valence-corrected chi connectivity index (χ4v) is 3.21. The van der Waals surface area contributed by atoms with Crippen LogP contribution in [0.5, 0.6) is 0 Å². The quantitative estimate of drug-likeness (QED) is 0.410. The number of anilines is 2. The van der Waals surface area contributed by atoms with Gasteiger partial charge in [0.1, 0.15) is 5.51 Å². The molecule has 12 heteroatoms. The third-order valence-corrected chi connectivity index (χ3v) is 4.32. The molecule has 0 aliphatic carbocycles. The van der Waals surface area contributed by atoms with Gasteiger partial charge in [-0.1, -0.05) is 11.3 Å². The molecule has 1 aromatic carbocycles. The number of aromatic nitrogens is 2. The molecule has 0 atom stereocenters. The van der Waals surface area contributed by atoms with Gasteiger partial charge in [-0.25, -0.2) is 8.42 Å². The van der Waals surface area contributed by atoms with Crippen molar-refractivity contribution < 1.29 is 13.3 Å². The van der Waals surface area contributed by atoms with E-state index in [1.54, 1.807) is 0 Å². The zero-order valence-electron chi connectivity index (χ0n) is 9.68. The second-order valence-corrected chi connectivity index (χ2v) is 5.92. The highest BCUT2D eigenvalue weighted by molar-refractivity contribution is 7.93. The van der Waals surface area contributed by atoms with Crippen LogP contribution in [0.15, 0.2) is 28.6 Å². The number of hydrogen-bond donors (Lipinski definition) is 3. The molecule has 0 radical (unpaired) electrons. The lowest BCUT2D eigenvalue weighted by Crippen LogP contribution is -2.15. The predicted molar refractivity (Wildman–Crippen MR) is 71.6 cm³/mol. The van der Waals surface area contributed by atoms with Crippen molar-refractivity contribution in [2.24, 2.45) is 5.84 Å². The average molecular weight is 316 g/mol. The molecule has 0 unspecified atom stereocenters. The van der Waals surface area contributed by atoms with Crippen molar-refractivity contribution in [3.63, 3.8) is 0 Å². The number of nitrogens with one attached hydrogen (secondary N) is 2. The molecule has 0 amide bonds. The maximum absolute atomic E-state index is 12.1. The Bertz CT molecular complexity index is 729. The molecule has 10 nitrogen and oxygen atoms in total. The highest BCUT2D eigenvalue weighted by atomic mass is 32.2. The minimum absolute atomic E-state index is 0.0142. The van der Waals surface area contributed by atoms with Gasteiger partial charge in [-0.05, 0) is 12.1 Å². The van der Waals surface area contributed by atoms with Gasteiger partial charge in [0.15, 0.2) is 4.90 Å².